The van der Waals surface area contributed by atoms with E-state index in [2.05, 4.69) is 10.5 Å². The SMILES string of the molecule is COc1ccc(CN/N=C\c2cc(Cl)c(OCc3ccc(Cl)cc3Cl)c(OC)c2)cc1OC. The van der Waals surface area contributed by atoms with Gasteiger partial charge in [-0.3, -0.25) is 0 Å². The van der Waals surface area contributed by atoms with E-state index in [0.29, 0.717) is 44.6 Å². The molecular formula is C24H23Cl3N2O4. The molecule has 0 spiro atoms. The molecule has 0 unspecified atom stereocenters. The first kappa shape index (κ1) is 24.8. The number of ether oxygens (including phenoxy) is 4. The summed E-state index contributed by atoms with van der Waals surface area (Å²) < 4.78 is 21.9. The molecule has 0 aromatic heterocycles. The van der Waals surface area contributed by atoms with E-state index < -0.39 is 0 Å². The van der Waals surface area contributed by atoms with E-state index in [1.54, 1.807) is 57.9 Å². The van der Waals surface area contributed by atoms with E-state index in [0.717, 1.165) is 16.7 Å². The van der Waals surface area contributed by atoms with Crippen molar-refractivity contribution in [1.82, 2.24) is 5.43 Å². The Morgan fingerprint density at radius 3 is 2.27 bits per heavy atom. The summed E-state index contributed by atoms with van der Waals surface area (Å²) in [5, 5.41) is 5.73. The topological polar surface area (TPSA) is 61.3 Å². The minimum absolute atomic E-state index is 0.215. The minimum atomic E-state index is 0.215. The first-order valence-electron chi connectivity index (χ1n) is 9.86. The first-order chi connectivity index (χ1) is 15.9. The summed E-state index contributed by atoms with van der Waals surface area (Å²) in [6.45, 7) is 0.719. The number of halogens is 3. The maximum Gasteiger partial charge on any atom is 0.180 e. The second-order valence-corrected chi connectivity index (χ2v) is 8.09. The van der Waals surface area contributed by atoms with Crippen LogP contribution in [0.25, 0.3) is 0 Å². The van der Waals surface area contributed by atoms with Crippen molar-refractivity contribution in [2.75, 3.05) is 21.3 Å². The van der Waals surface area contributed by atoms with Gasteiger partial charge in [0.05, 0.1) is 39.1 Å². The molecule has 3 rings (SSSR count). The molecule has 6 nitrogen and oxygen atoms in total. The standard InChI is InChI=1S/C24H23Cl3N2O4/c1-30-21-7-4-15(9-22(21)31-2)12-28-29-13-16-8-20(27)24(23(10-16)32-3)33-14-17-5-6-18(25)11-19(17)26/h4-11,13,28H,12,14H2,1-3H3/b29-13-. The van der Waals surface area contributed by atoms with Crippen LogP contribution in [0, 0.1) is 0 Å². The van der Waals surface area contributed by atoms with Crippen LogP contribution in [-0.4, -0.2) is 27.5 Å². The maximum absolute atomic E-state index is 6.45. The van der Waals surface area contributed by atoms with Crippen molar-refractivity contribution in [2.24, 2.45) is 5.10 Å². The Kier molecular flexibility index (Phi) is 8.95. The highest BCUT2D eigenvalue weighted by atomic mass is 35.5. The summed E-state index contributed by atoms with van der Waals surface area (Å²) in [7, 11) is 4.74. The average molecular weight is 510 g/mol. The largest absolute Gasteiger partial charge is 0.493 e. The van der Waals surface area contributed by atoms with E-state index in [4.69, 9.17) is 53.8 Å². The lowest BCUT2D eigenvalue weighted by atomic mass is 10.2. The smallest absolute Gasteiger partial charge is 0.180 e. The van der Waals surface area contributed by atoms with Gasteiger partial charge in [-0.1, -0.05) is 46.9 Å². The van der Waals surface area contributed by atoms with Crippen LogP contribution < -0.4 is 24.4 Å². The highest BCUT2D eigenvalue weighted by Gasteiger charge is 2.13. The molecule has 0 heterocycles. The summed E-state index contributed by atoms with van der Waals surface area (Å²) >= 11 is 18.6. The molecule has 0 saturated carbocycles. The van der Waals surface area contributed by atoms with Gasteiger partial charge in [0.1, 0.15) is 6.61 Å². The zero-order valence-corrected chi connectivity index (χ0v) is 20.6. The van der Waals surface area contributed by atoms with Crippen LogP contribution >= 0.6 is 34.8 Å². The van der Waals surface area contributed by atoms with E-state index >= 15 is 0 Å². The molecule has 0 aliphatic carbocycles. The lowest BCUT2D eigenvalue weighted by Crippen LogP contribution is -2.06. The number of benzene rings is 3. The molecule has 0 aliphatic rings. The monoisotopic (exact) mass is 508 g/mol. The van der Waals surface area contributed by atoms with Gasteiger partial charge in [-0.2, -0.15) is 5.10 Å². The van der Waals surface area contributed by atoms with Crippen LogP contribution in [0.4, 0.5) is 0 Å². The van der Waals surface area contributed by atoms with E-state index in [1.807, 2.05) is 18.2 Å². The van der Waals surface area contributed by atoms with Crippen molar-refractivity contribution >= 4 is 41.0 Å². The van der Waals surface area contributed by atoms with Gasteiger partial charge >= 0.3 is 0 Å². The number of hydrogen-bond acceptors (Lipinski definition) is 6. The predicted octanol–water partition coefficient (Wildman–Crippen LogP) is 6.38. The van der Waals surface area contributed by atoms with E-state index in [1.165, 1.54) is 0 Å². The van der Waals surface area contributed by atoms with E-state index in [-0.39, 0.29) is 6.61 Å². The number of methoxy groups -OCH3 is 3. The Morgan fingerprint density at radius 1 is 0.818 bits per heavy atom. The van der Waals surface area contributed by atoms with Crippen LogP contribution in [0.1, 0.15) is 16.7 Å². The van der Waals surface area contributed by atoms with Gasteiger partial charge in [-0.15, -0.1) is 0 Å². The van der Waals surface area contributed by atoms with Crippen molar-refractivity contribution in [2.45, 2.75) is 13.2 Å². The maximum atomic E-state index is 6.45. The number of nitrogens with one attached hydrogen (secondary N) is 1. The third kappa shape index (κ3) is 6.60. The summed E-state index contributed by atoms with van der Waals surface area (Å²) in [5.74, 6) is 2.23. The lowest BCUT2D eigenvalue weighted by molar-refractivity contribution is 0.285. The third-order valence-electron chi connectivity index (χ3n) is 4.67. The van der Waals surface area contributed by atoms with Crippen LogP contribution in [0.5, 0.6) is 23.0 Å². The number of rotatable bonds is 10. The molecule has 9 heteroatoms. The number of hydrazone groups is 1. The molecule has 0 saturated heterocycles. The van der Waals surface area contributed by atoms with Gasteiger partial charge in [-0.25, -0.2) is 0 Å². The van der Waals surface area contributed by atoms with Crippen LogP contribution in [0.2, 0.25) is 15.1 Å². The fourth-order valence-corrected chi connectivity index (χ4v) is 3.73. The third-order valence-corrected chi connectivity index (χ3v) is 5.54. The number of nitrogens with zero attached hydrogens (tertiary/aromatic N) is 1. The fourth-order valence-electron chi connectivity index (χ4n) is 2.99. The first-order valence-corrected chi connectivity index (χ1v) is 11.0. The van der Waals surface area contributed by atoms with Gasteiger partial charge < -0.3 is 24.4 Å². The average Bonchev–Trinajstić information content (AvgIpc) is 2.81. The van der Waals surface area contributed by atoms with Crippen LogP contribution in [0.3, 0.4) is 0 Å². The Bertz CT molecular complexity index is 1140. The summed E-state index contributed by atoms with van der Waals surface area (Å²) in [6.07, 6.45) is 1.65. The van der Waals surface area contributed by atoms with Gasteiger partial charge in [-0.05, 0) is 47.5 Å². The zero-order chi connectivity index (χ0) is 23.8. The van der Waals surface area contributed by atoms with Gasteiger partial charge in [0.2, 0.25) is 0 Å². The normalized spacial score (nSPS) is 10.8. The molecule has 3 aromatic carbocycles. The van der Waals surface area contributed by atoms with Crippen molar-refractivity contribution in [3.05, 3.63) is 80.3 Å². The molecule has 0 radical (unpaired) electrons. The van der Waals surface area contributed by atoms with Crippen LogP contribution in [-0.2, 0) is 13.2 Å². The highest BCUT2D eigenvalue weighted by Crippen LogP contribution is 2.37. The molecular weight excluding hydrogens is 487 g/mol. The Hall–Kier alpha value is -2.80. The fraction of sp³-hybridized carbons (Fsp3) is 0.208. The van der Waals surface area contributed by atoms with Gasteiger partial charge in [0, 0.05) is 15.6 Å². The summed E-state index contributed by atoms with van der Waals surface area (Å²) in [6, 6.07) is 14.4. The number of hydrogen-bond donors (Lipinski definition) is 1. The highest BCUT2D eigenvalue weighted by molar-refractivity contribution is 6.35. The van der Waals surface area contributed by atoms with E-state index in [9.17, 15) is 0 Å². The molecule has 3 aromatic rings. The van der Waals surface area contributed by atoms with Crippen LogP contribution in [0.15, 0.2) is 53.6 Å². The zero-order valence-electron chi connectivity index (χ0n) is 18.3. The molecule has 0 amide bonds. The van der Waals surface area contributed by atoms with Crippen molar-refractivity contribution in [1.29, 1.82) is 0 Å². The summed E-state index contributed by atoms with van der Waals surface area (Å²) in [5.41, 5.74) is 5.52. The Balaban J connectivity index is 1.65. The summed E-state index contributed by atoms with van der Waals surface area (Å²) in [4.78, 5) is 0. The van der Waals surface area contributed by atoms with Gasteiger partial charge in [0.15, 0.2) is 23.0 Å². The molecule has 0 atom stereocenters. The molecule has 1 N–H and O–H groups in total. The molecule has 0 bridgehead atoms. The Labute approximate surface area is 208 Å². The Morgan fingerprint density at radius 2 is 1.58 bits per heavy atom. The van der Waals surface area contributed by atoms with Gasteiger partial charge in [0.25, 0.3) is 0 Å². The molecule has 0 aliphatic heterocycles. The van der Waals surface area contributed by atoms with Crippen molar-refractivity contribution < 1.29 is 18.9 Å². The molecule has 174 valence electrons. The molecule has 0 fully saturated rings. The van der Waals surface area contributed by atoms with Crippen molar-refractivity contribution in [3.8, 4) is 23.0 Å². The quantitative estimate of drug-likeness (QED) is 0.254. The predicted molar refractivity (Wildman–Crippen MR) is 133 cm³/mol. The van der Waals surface area contributed by atoms with Crippen molar-refractivity contribution in [3.63, 3.8) is 0 Å². The second kappa shape index (κ2) is 11.9. The second-order valence-electron chi connectivity index (χ2n) is 6.84. The lowest BCUT2D eigenvalue weighted by Gasteiger charge is -2.14. The minimum Gasteiger partial charge on any atom is -0.493 e. The molecule has 33 heavy (non-hydrogen) atoms.